The third kappa shape index (κ3) is 2.63. The average Bonchev–Trinajstić information content (AvgIpc) is 2.80. The Kier molecular flexibility index (Phi) is 3.60. The van der Waals surface area contributed by atoms with Gasteiger partial charge in [0.2, 0.25) is 0 Å². The molecule has 1 fully saturated rings. The van der Waals surface area contributed by atoms with Crippen LogP contribution in [-0.4, -0.2) is 5.97 Å². The van der Waals surface area contributed by atoms with Gasteiger partial charge in [0, 0.05) is 12.8 Å². The minimum Gasteiger partial charge on any atom is -0.457 e. The van der Waals surface area contributed by atoms with E-state index in [1.54, 1.807) is 0 Å². The monoisotopic (exact) mass is 218 g/mol. The molecule has 2 rings (SSSR count). The summed E-state index contributed by atoms with van der Waals surface area (Å²) in [6, 6.07) is 10.1. The maximum atomic E-state index is 11.2. The Hall–Kier alpha value is -1.31. The fourth-order valence-electron chi connectivity index (χ4n) is 2.52. The highest BCUT2D eigenvalue weighted by molar-refractivity contribution is 5.66. The fourth-order valence-corrected chi connectivity index (χ4v) is 2.52. The molecule has 1 aromatic carbocycles. The molecule has 2 nitrogen and oxygen atoms in total. The van der Waals surface area contributed by atoms with E-state index in [1.807, 2.05) is 30.3 Å². The van der Waals surface area contributed by atoms with E-state index >= 15 is 0 Å². The van der Waals surface area contributed by atoms with Crippen LogP contribution in [0.3, 0.4) is 0 Å². The second kappa shape index (κ2) is 5.15. The zero-order valence-electron chi connectivity index (χ0n) is 9.69. The molecule has 0 saturated heterocycles. The standard InChI is InChI=1S/C14H18O2/c1-11(15)16-14(13-9-5-6-10-13)12-7-3-2-4-8-12/h2-4,7-8,13-14H,5-6,9-10H2,1H3. The second-order valence-electron chi connectivity index (χ2n) is 4.49. The summed E-state index contributed by atoms with van der Waals surface area (Å²) in [6.07, 6.45) is 4.82. The van der Waals surface area contributed by atoms with Gasteiger partial charge >= 0.3 is 5.97 Å². The number of carbonyl (C=O) groups excluding carboxylic acids is 1. The maximum Gasteiger partial charge on any atom is 0.303 e. The summed E-state index contributed by atoms with van der Waals surface area (Å²) < 4.78 is 5.48. The number of ether oxygens (including phenoxy) is 1. The second-order valence-corrected chi connectivity index (χ2v) is 4.49. The van der Waals surface area contributed by atoms with Crippen LogP contribution in [0.2, 0.25) is 0 Å². The third-order valence-corrected chi connectivity index (χ3v) is 3.25. The van der Waals surface area contributed by atoms with Crippen molar-refractivity contribution < 1.29 is 9.53 Å². The van der Waals surface area contributed by atoms with Gasteiger partial charge in [-0.05, 0) is 18.4 Å². The Bertz CT molecular complexity index is 339. The molecule has 1 aliphatic carbocycles. The molecule has 0 aromatic heterocycles. The van der Waals surface area contributed by atoms with E-state index in [0.29, 0.717) is 5.92 Å². The van der Waals surface area contributed by atoms with Crippen molar-refractivity contribution in [2.24, 2.45) is 5.92 Å². The molecule has 86 valence electrons. The minimum atomic E-state index is -0.180. The van der Waals surface area contributed by atoms with E-state index in [9.17, 15) is 4.79 Å². The van der Waals surface area contributed by atoms with E-state index in [0.717, 1.165) is 5.56 Å². The molecule has 1 aromatic rings. The molecule has 0 aliphatic heterocycles. The van der Waals surface area contributed by atoms with Gasteiger partial charge in [-0.15, -0.1) is 0 Å². The van der Waals surface area contributed by atoms with Gasteiger partial charge in [-0.1, -0.05) is 43.2 Å². The third-order valence-electron chi connectivity index (χ3n) is 3.25. The maximum absolute atomic E-state index is 11.2. The lowest BCUT2D eigenvalue weighted by molar-refractivity contribution is -0.149. The van der Waals surface area contributed by atoms with Crippen molar-refractivity contribution >= 4 is 5.97 Å². The zero-order chi connectivity index (χ0) is 11.4. The van der Waals surface area contributed by atoms with Gasteiger partial charge in [0.05, 0.1) is 0 Å². The van der Waals surface area contributed by atoms with E-state index in [1.165, 1.54) is 32.6 Å². The summed E-state index contributed by atoms with van der Waals surface area (Å²) in [5.41, 5.74) is 1.13. The summed E-state index contributed by atoms with van der Waals surface area (Å²) in [7, 11) is 0. The highest BCUT2D eigenvalue weighted by Crippen LogP contribution is 2.37. The largest absolute Gasteiger partial charge is 0.457 e. The lowest BCUT2D eigenvalue weighted by Crippen LogP contribution is -2.16. The van der Waals surface area contributed by atoms with Crippen molar-refractivity contribution in [2.45, 2.75) is 38.7 Å². The van der Waals surface area contributed by atoms with Crippen LogP contribution in [0.5, 0.6) is 0 Å². The van der Waals surface area contributed by atoms with Crippen molar-refractivity contribution in [3.8, 4) is 0 Å². The summed E-state index contributed by atoms with van der Waals surface area (Å²) >= 11 is 0. The molecular weight excluding hydrogens is 200 g/mol. The van der Waals surface area contributed by atoms with Crippen LogP contribution < -0.4 is 0 Å². The Morgan fingerprint density at radius 2 is 1.88 bits per heavy atom. The Labute approximate surface area is 96.6 Å². The highest BCUT2D eigenvalue weighted by Gasteiger charge is 2.28. The van der Waals surface area contributed by atoms with Gasteiger partial charge in [-0.2, -0.15) is 0 Å². The van der Waals surface area contributed by atoms with Gasteiger partial charge in [-0.25, -0.2) is 0 Å². The molecule has 0 radical (unpaired) electrons. The van der Waals surface area contributed by atoms with Crippen LogP contribution in [0.1, 0.15) is 44.3 Å². The van der Waals surface area contributed by atoms with Gasteiger partial charge in [0.15, 0.2) is 0 Å². The fraction of sp³-hybridized carbons (Fsp3) is 0.500. The summed E-state index contributed by atoms with van der Waals surface area (Å²) in [5.74, 6) is 0.326. The molecule has 1 saturated carbocycles. The number of hydrogen-bond donors (Lipinski definition) is 0. The van der Waals surface area contributed by atoms with E-state index in [4.69, 9.17) is 4.74 Å². The van der Waals surface area contributed by atoms with Crippen LogP contribution in [0.4, 0.5) is 0 Å². The molecule has 2 heteroatoms. The molecule has 16 heavy (non-hydrogen) atoms. The first-order valence-corrected chi connectivity index (χ1v) is 5.99. The number of esters is 1. The minimum absolute atomic E-state index is 0.0406. The lowest BCUT2D eigenvalue weighted by atomic mass is 9.94. The number of hydrogen-bond acceptors (Lipinski definition) is 2. The lowest BCUT2D eigenvalue weighted by Gasteiger charge is -2.23. The Morgan fingerprint density at radius 1 is 1.25 bits per heavy atom. The quantitative estimate of drug-likeness (QED) is 0.726. The van der Waals surface area contributed by atoms with Crippen LogP contribution in [0, 0.1) is 5.92 Å². The van der Waals surface area contributed by atoms with Gasteiger partial charge in [-0.3, -0.25) is 4.79 Å². The Morgan fingerprint density at radius 3 is 2.44 bits per heavy atom. The smallest absolute Gasteiger partial charge is 0.303 e. The van der Waals surface area contributed by atoms with E-state index in [2.05, 4.69) is 0 Å². The van der Waals surface area contributed by atoms with Crippen molar-refractivity contribution in [1.29, 1.82) is 0 Å². The molecule has 0 N–H and O–H groups in total. The average molecular weight is 218 g/mol. The molecule has 0 heterocycles. The predicted octanol–water partition coefficient (Wildman–Crippen LogP) is 3.48. The van der Waals surface area contributed by atoms with Crippen molar-refractivity contribution in [1.82, 2.24) is 0 Å². The van der Waals surface area contributed by atoms with Gasteiger partial charge < -0.3 is 4.74 Å². The SMILES string of the molecule is CC(=O)OC(c1ccccc1)C1CCCC1. The number of carbonyl (C=O) groups is 1. The molecule has 0 bridgehead atoms. The molecule has 1 unspecified atom stereocenters. The van der Waals surface area contributed by atoms with Crippen LogP contribution in [-0.2, 0) is 9.53 Å². The van der Waals surface area contributed by atoms with Crippen LogP contribution in [0.25, 0.3) is 0 Å². The molecule has 1 aliphatic rings. The normalized spacial score (nSPS) is 18.3. The predicted molar refractivity (Wildman–Crippen MR) is 62.9 cm³/mol. The Balaban J connectivity index is 2.16. The highest BCUT2D eigenvalue weighted by atomic mass is 16.5. The molecule has 1 atom stereocenters. The van der Waals surface area contributed by atoms with Crippen LogP contribution >= 0.6 is 0 Å². The van der Waals surface area contributed by atoms with Gasteiger partial charge in [0.25, 0.3) is 0 Å². The van der Waals surface area contributed by atoms with Gasteiger partial charge in [0.1, 0.15) is 6.10 Å². The molecule has 0 spiro atoms. The zero-order valence-corrected chi connectivity index (χ0v) is 9.69. The van der Waals surface area contributed by atoms with Crippen molar-refractivity contribution in [3.05, 3.63) is 35.9 Å². The van der Waals surface area contributed by atoms with E-state index < -0.39 is 0 Å². The van der Waals surface area contributed by atoms with Crippen molar-refractivity contribution in [2.75, 3.05) is 0 Å². The first kappa shape index (κ1) is 11.2. The summed E-state index contributed by atoms with van der Waals surface area (Å²) in [6.45, 7) is 1.49. The number of rotatable bonds is 3. The topological polar surface area (TPSA) is 26.3 Å². The molecular formula is C14H18O2. The van der Waals surface area contributed by atoms with Crippen molar-refractivity contribution in [3.63, 3.8) is 0 Å². The van der Waals surface area contributed by atoms with E-state index in [-0.39, 0.29) is 12.1 Å². The first-order chi connectivity index (χ1) is 7.77. The molecule has 0 amide bonds. The summed E-state index contributed by atoms with van der Waals surface area (Å²) in [4.78, 5) is 11.2. The van der Waals surface area contributed by atoms with Crippen LogP contribution in [0.15, 0.2) is 30.3 Å². The summed E-state index contributed by atoms with van der Waals surface area (Å²) in [5, 5.41) is 0. The number of benzene rings is 1. The first-order valence-electron chi connectivity index (χ1n) is 5.99.